The Morgan fingerprint density at radius 2 is 1.76 bits per heavy atom. The van der Waals surface area contributed by atoms with Crippen LogP contribution in [-0.2, 0) is 11.2 Å². The van der Waals surface area contributed by atoms with Crippen molar-refractivity contribution in [2.75, 3.05) is 20.8 Å². The highest BCUT2D eigenvalue weighted by Crippen LogP contribution is 2.39. The molecule has 170 valence electrons. The number of aliphatic hydroxyl groups excluding tert-OH is 1. The van der Waals surface area contributed by atoms with Crippen LogP contribution in [0.15, 0.2) is 76.6 Å². The van der Waals surface area contributed by atoms with Crippen molar-refractivity contribution in [2.45, 2.75) is 12.5 Å². The molecule has 0 saturated carbocycles. The number of aliphatic hydroxyl groups is 1. The number of hydrogen-bond donors (Lipinski definition) is 2. The zero-order valence-corrected chi connectivity index (χ0v) is 18.1. The number of hydrogen-bond acceptors (Lipinski definition) is 7. The van der Waals surface area contributed by atoms with Crippen molar-refractivity contribution in [3.8, 4) is 17.2 Å². The van der Waals surface area contributed by atoms with E-state index in [4.69, 9.17) is 13.9 Å². The van der Waals surface area contributed by atoms with Gasteiger partial charge in [0, 0.05) is 6.54 Å². The van der Waals surface area contributed by atoms with E-state index in [0.29, 0.717) is 23.5 Å². The fraction of sp³-hybridized carbons (Fsp3) is 0.200. The van der Waals surface area contributed by atoms with Crippen molar-refractivity contribution in [3.63, 3.8) is 0 Å². The van der Waals surface area contributed by atoms with E-state index in [1.54, 1.807) is 38.5 Å². The van der Waals surface area contributed by atoms with Crippen molar-refractivity contribution in [2.24, 2.45) is 0 Å². The minimum absolute atomic E-state index is 0.0230. The van der Waals surface area contributed by atoms with Crippen molar-refractivity contribution < 1.29 is 33.7 Å². The maximum atomic E-state index is 13.1. The molecule has 33 heavy (non-hydrogen) atoms. The van der Waals surface area contributed by atoms with Crippen LogP contribution in [0.5, 0.6) is 17.2 Å². The fourth-order valence-corrected chi connectivity index (χ4v) is 3.95. The van der Waals surface area contributed by atoms with Gasteiger partial charge >= 0.3 is 0 Å². The Hall–Kier alpha value is -4.20. The molecule has 8 nitrogen and oxygen atoms in total. The molecule has 8 heteroatoms. The Kier molecular flexibility index (Phi) is 6.08. The van der Waals surface area contributed by atoms with Gasteiger partial charge in [-0.3, -0.25) is 9.59 Å². The van der Waals surface area contributed by atoms with E-state index >= 15 is 0 Å². The summed E-state index contributed by atoms with van der Waals surface area (Å²) in [6.45, 7) is 0.221. The summed E-state index contributed by atoms with van der Waals surface area (Å²) < 4.78 is 15.8. The van der Waals surface area contributed by atoms with Crippen molar-refractivity contribution in [3.05, 3.63) is 89.1 Å². The maximum absolute atomic E-state index is 13.1. The summed E-state index contributed by atoms with van der Waals surface area (Å²) in [5.41, 5.74) is 1.40. The molecule has 1 aromatic heterocycles. The number of methoxy groups -OCH3 is 2. The molecule has 2 N–H and O–H groups in total. The number of nitrogens with zero attached hydrogens (tertiary/aromatic N) is 1. The Bertz CT molecular complexity index is 1200. The van der Waals surface area contributed by atoms with E-state index in [1.807, 2.05) is 12.1 Å². The molecule has 0 unspecified atom stereocenters. The Morgan fingerprint density at radius 3 is 2.39 bits per heavy atom. The van der Waals surface area contributed by atoms with Gasteiger partial charge in [0.2, 0.25) is 5.78 Å². The number of carbonyl (C=O) groups excluding carboxylic acids is 2. The first-order chi connectivity index (χ1) is 15.9. The van der Waals surface area contributed by atoms with E-state index in [2.05, 4.69) is 0 Å². The molecule has 0 fully saturated rings. The van der Waals surface area contributed by atoms with E-state index in [0.717, 1.165) is 5.56 Å². The molecule has 2 aromatic carbocycles. The number of carbonyl (C=O) groups is 2. The molecule has 0 radical (unpaired) electrons. The van der Waals surface area contributed by atoms with Crippen LogP contribution in [0, 0.1) is 0 Å². The summed E-state index contributed by atoms with van der Waals surface area (Å²) >= 11 is 0. The predicted octanol–water partition coefficient (Wildman–Crippen LogP) is 3.82. The molecule has 0 bridgehead atoms. The fourth-order valence-electron chi connectivity index (χ4n) is 3.95. The smallest absolute Gasteiger partial charge is 0.290 e. The number of phenols is 1. The molecule has 0 saturated heterocycles. The molecule has 4 rings (SSSR count). The monoisotopic (exact) mass is 449 g/mol. The first kappa shape index (κ1) is 22.0. The van der Waals surface area contributed by atoms with Gasteiger partial charge in [-0.05, 0) is 53.9 Å². The highest BCUT2D eigenvalue weighted by molar-refractivity contribution is 6.15. The summed E-state index contributed by atoms with van der Waals surface area (Å²) in [6.07, 6.45) is 1.79. The number of ketones is 1. The van der Waals surface area contributed by atoms with Crippen LogP contribution in [-0.4, -0.2) is 47.6 Å². The van der Waals surface area contributed by atoms with Gasteiger partial charge in [-0.25, -0.2) is 0 Å². The number of rotatable bonds is 8. The number of amides is 1. The third-order valence-electron chi connectivity index (χ3n) is 5.59. The lowest BCUT2D eigenvalue weighted by molar-refractivity contribution is -0.129. The SMILES string of the molecule is COc1ccc(CCN2C(=O)C(O)=C(C(=O)c3ccco3)[C@@H]2c2ccc(O)cc2)cc1OC. The lowest BCUT2D eigenvalue weighted by Gasteiger charge is -2.27. The van der Waals surface area contributed by atoms with Gasteiger partial charge in [0.25, 0.3) is 5.91 Å². The largest absolute Gasteiger partial charge is 0.508 e. The minimum atomic E-state index is -0.837. The Labute approximate surface area is 190 Å². The van der Waals surface area contributed by atoms with Crippen molar-refractivity contribution in [1.82, 2.24) is 4.90 Å². The Morgan fingerprint density at radius 1 is 1.03 bits per heavy atom. The topological polar surface area (TPSA) is 109 Å². The minimum Gasteiger partial charge on any atom is -0.508 e. The lowest BCUT2D eigenvalue weighted by atomic mass is 9.95. The van der Waals surface area contributed by atoms with Crippen LogP contribution < -0.4 is 9.47 Å². The quantitative estimate of drug-likeness (QED) is 0.503. The molecule has 1 aliphatic rings. The molecule has 0 spiro atoms. The number of aromatic hydroxyl groups is 1. The molecule has 1 aliphatic heterocycles. The molecular formula is C25H23NO7. The predicted molar refractivity (Wildman–Crippen MR) is 119 cm³/mol. The number of phenolic OH excluding ortho intramolecular Hbond substituents is 1. The van der Waals surface area contributed by atoms with Gasteiger partial charge in [-0.15, -0.1) is 0 Å². The number of Topliss-reactive ketones (excluding diaryl/α,β-unsaturated/α-hetero) is 1. The van der Waals surface area contributed by atoms with Crippen molar-refractivity contribution >= 4 is 11.7 Å². The highest BCUT2D eigenvalue weighted by atomic mass is 16.5. The molecule has 3 aromatic rings. The second-order valence-corrected chi connectivity index (χ2v) is 7.50. The average molecular weight is 449 g/mol. The van der Waals surface area contributed by atoms with Gasteiger partial charge < -0.3 is 29.0 Å². The normalized spacial score (nSPS) is 15.8. The van der Waals surface area contributed by atoms with Crippen LogP contribution in [0.25, 0.3) is 0 Å². The summed E-state index contributed by atoms with van der Waals surface area (Å²) in [4.78, 5) is 27.6. The van der Waals surface area contributed by atoms with Crippen LogP contribution in [0.2, 0.25) is 0 Å². The first-order valence-electron chi connectivity index (χ1n) is 10.3. The third-order valence-corrected chi connectivity index (χ3v) is 5.59. The third kappa shape index (κ3) is 4.15. The summed E-state index contributed by atoms with van der Waals surface area (Å²) in [5, 5.41) is 20.4. The van der Waals surface area contributed by atoms with Gasteiger partial charge in [0.05, 0.1) is 32.1 Å². The van der Waals surface area contributed by atoms with Crippen LogP contribution >= 0.6 is 0 Å². The summed E-state index contributed by atoms with van der Waals surface area (Å²) in [7, 11) is 3.09. The number of ether oxygens (including phenoxy) is 2. The Balaban J connectivity index is 1.67. The van der Waals surface area contributed by atoms with Gasteiger partial charge in [-0.1, -0.05) is 18.2 Å². The molecule has 1 amide bonds. The van der Waals surface area contributed by atoms with Crippen LogP contribution in [0.1, 0.15) is 27.7 Å². The molecule has 0 aliphatic carbocycles. The first-order valence-corrected chi connectivity index (χ1v) is 10.3. The highest BCUT2D eigenvalue weighted by Gasteiger charge is 2.44. The van der Waals surface area contributed by atoms with Crippen LogP contribution in [0.4, 0.5) is 0 Å². The molecule has 1 atom stereocenters. The van der Waals surface area contributed by atoms with Crippen molar-refractivity contribution in [1.29, 1.82) is 0 Å². The number of benzene rings is 2. The van der Waals surface area contributed by atoms with Gasteiger partial charge in [-0.2, -0.15) is 0 Å². The lowest BCUT2D eigenvalue weighted by Crippen LogP contribution is -2.33. The van der Waals surface area contributed by atoms with E-state index < -0.39 is 23.5 Å². The molecular weight excluding hydrogens is 426 g/mol. The van der Waals surface area contributed by atoms with Gasteiger partial charge in [0.15, 0.2) is 23.0 Å². The second kappa shape index (κ2) is 9.12. The summed E-state index contributed by atoms with van der Waals surface area (Å²) in [6, 6.07) is 13.8. The zero-order chi connectivity index (χ0) is 23.5. The summed E-state index contributed by atoms with van der Waals surface area (Å²) in [5.74, 6) is -0.608. The second-order valence-electron chi connectivity index (χ2n) is 7.50. The standard InChI is InChI=1S/C25H23NO7/c1-31-18-10-5-15(14-20(18)32-2)11-12-26-22(16-6-8-17(27)9-7-16)21(24(29)25(26)30)23(28)19-4-3-13-33-19/h3-10,13-14,22,27,29H,11-12H2,1-2H3/t22-/m0/s1. The van der Waals surface area contributed by atoms with Gasteiger partial charge in [0.1, 0.15) is 5.75 Å². The van der Waals surface area contributed by atoms with E-state index in [9.17, 15) is 19.8 Å². The maximum Gasteiger partial charge on any atom is 0.290 e. The van der Waals surface area contributed by atoms with E-state index in [1.165, 1.54) is 29.4 Å². The van der Waals surface area contributed by atoms with Crippen LogP contribution in [0.3, 0.4) is 0 Å². The molecule has 2 heterocycles. The van der Waals surface area contributed by atoms with E-state index in [-0.39, 0.29) is 23.6 Å². The average Bonchev–Trinajstić information content (AvgIpc) is 3.45. The zero-order valence-electron chi connectivity index (χ0n) is 18.1. The number of furan rings is 1.